The van der Waals surface area contributed by atoms with E-state index >= 15 is 0 Å². The van der Waals surface area contributed by atoms with Crippen molar-refractivity contribution in [1.29, 1.82) is 0 Å². The van der Waals surface area contributed by atoms with Gasteiger partial charge in [-0.2, -0.15) is 4.98 Å². The van der Waals surface area contributed by atoms with E-state index in [0.717, 1.165) is 21.9 Å². The Kier molecular flexibility index (Phi) is 5.01. The van der Waals surface area contributed by atoms with Crippen LogP contribution < -0.4 is 4.74 Å². The van der Waals surface area contributed by atoms with Crippen LogP contribution in [0.15, 0.2) is 71.3 Å². The molecule has 1 aromatic heterocycles. The van der Waals surface area contributed by atoms with E-state index < -0.39 is 0 Å². The zero-order valence-corrected chi connectivity index (χ0v) is 15.3. The lowest BCUT2D eigenvalue weighted by Crippen LogP contribution is -2.08. The number of esters is 1. The van der Waals surface area contributed by atoms with Gasteiger partial charge >= 0.3 is 5.97 Å². The lowest BCUT2D eigenvalue weighted by Gasteiger charge is -2.06. The van der Waals surface area contributed by atoms with E-state index in [0.29, 0.717) is 11.6 Å². The molecule has 0 aliphatic rings. The van der Waals surface area contributed by atoms with E-state index in [2.05, 4.69) is 10.1 Å². The monoisotopic (exact) mass is 374 g/mol. The van der Waals surface area contributed by atoms with Gasteiger partial charge < -0.3 is 14.0 Å². The lowest BCUT2D eigenvalue weighted by molar-refractivity contribution is -0.144. The zero-order valence-electron chi connectivity index (χ0n) is 15.3. The third-order valence-corrected chi connectivity index (χ3v) is 4.37. The van der Waals surface area contributed by atoms with Crippen LogP contribution in [0.4, 0.5) is 0 Å². The Bertz CT molecular complexity index is 1110. The van der Waals surface area contributed by atoms with Crippen molar-refractivity contribution in [2.45, 2.75) is 13.0 Å². The molecular weight excluding hydrogens is 356 g/mol. The first kappa shape index (κ1) is 17.7. The summed E-state index contributed by atoms with van der Waals surface area (Å²) in [5.74, 6) is 1.01. The van der Waals surface area contributed by atoms with E-state index in [1.165, 1.54) is 0 Å². The number of benzene rings is 3. The summed E-state index contributed by atoms with van der Waals surface area (Å²) < 4.78 is 15.7. The van der Waals surface area contributed by atoms with Crippen molar-refractivity contribution in [3.8, 4) is 17.1 Å². The SMILES string of the molecule is COc1cccc(-c2noc(COC(=O)Cc3cccc4ccccc34)n2)c1. The van der Waals surface area contributed by atoms with Crippen LogP contribution in [0.1, 0.15) is 11.5 Å². The number of ether oxygens (including phenoxy) is 2. The van der Waals surface area contributed by atoms with Crippen molar-refractivity contribution in [3.05, 3.63) is 78.2 Å². The number of aromatic nitrogens is 2. The summed E-state index contributed by atoms with van der Waals surface area (Å²) >= 11 is 0. The Balaban J connectivity index is 1.40. The fraction of sp³-hybridized carbons (Fsp3) is 0.136. The average molecular weight is 374 g/mol. The van der Waals surface area contributed by atoms with Crippen LogP contribution in [0.3, 0.4) is 0 Å². The second kappa shape index (κ2) is 7.92. The van der Waals surface area contributed by atoms with Gasteiger partial charge in [0.15, 0.2) is 6.61 Å². The molecule has 0 atom stereocenters. The molecule has 0 unspecified atom stereocenters. The Morgan fingerprint density at radius 2 is 1.86 bits per heavy atom. The average Bonchev–Trinajstić information content (AvgIpc) is 3.22. The number of carbonyl (C=O) groups excluding carboxylic acids is 1. The molecule has 0 saturated carbocycles. The molecule has 1 heterocycles. The molecule has 0 spiro atoms. The second-order valence-corrected chi connectivity index (χ2v) is 6.22. The first-order chi connectivity index (χ1) is 13.7. The normalized spacial score (nSPS) is 10.8. The van der Waals surface area contributed by atoms with Gasteiger partial charge in [0.1, 0.15) is 5.75 Å². The topological polar surface area (TPSA) is 74.5 Å². The van der Waals surface area contributed by atoms with Gasteiger partial charge in [0.05, 0.1) is 13.5 Å². The first-order valence-corrected chi connectivity index (χ1v) is 8.82. The largest absolute Gasteiger partial charge is 0.497 e. The van der Waals surface area contributed by atoms with Crippen LogP contribution in [0.2, 0.25) is 0 Å². The summed E-state index contributed by atoms with van der Waals surface area (Å²) in [5.41, 5.74) is 1.68. The molecule has 6 heteroatoms. The highest BCUT2D eigenvalue weighted by molar-refractivity contribution is 5.88. The van der Waals surface area contributed by atoms with Crippen molar-refractivity contribution < 1.29 is 18.8 Å². The molecule has 6 nitrogen and oxygen atoms in total. The van der Waals surface area contributed by atoms with E-state index in [4.69, 9.17) is 14.0 Å². The van der Waals surface area contributed by atoms with E-state index in [1.807, 2.05) is 60.7 Å². The molecule has 28 heavy (non-hydrogen) atoms. The molecule has 0 aliphatic carbocycles. The molecule has 0 amide bonds. The molecule has 4 aromatic rings. The first-order valence-electron chi connectivity index (χ1n) is 8.82. The van der Waals surface area contributed by atoms with Crippen LogP contribution >= 0.6 is 0 Å². The Labute approximate surface area is 161 Å². The molecule has 3 aromatic carbocycles. The van der Waals surface area contributed by atoms with Crippen LogP contribution in [0.5, 0.6) is 5.75 Å². The summed E-state index contributed by atoms with van der Waals surface area (Å²) in [6, 6.07) is 21.1. The van der Waals surface area contributed by atoms with Gasteiger partial charge in [-0.15, -0.1) is 0 Å². The highest BCUT2D eigenvalue weighted by Gasteiger charge is 2.13. The van der Waals surface area contributed by atoms with Crippen molar-refractivity contribution >= 4 is 16.7 Å². The van der Waals surface area contributed by atoms with E-state index in [1.54, 1.807) is 13.2 Å². The maximum atomic E-state index is 12.3. The maximum Gasteiger partial charge on any atom is 0.310 e. The van der Waals surface area contributed by atoms with Crippen molar-refractivity contribution in [2.75, 3.05) is 7.11 Å². The standard InChI is InChI=1S/C22H18N2O4/c1-26-18-10-5-9-17(12-18)22-23-20(28-24-22)14-27-21(25)13-16-8-4-7-15-6-2-3-11-19(15)16/h2-12H,13-14H2,1H3. The van der Waals surface area contributed by atoms with Crippen LogP contribution in [0, 0.1) is 0 Å². The summed E-state index contributed by atoms with van der Waals surface area (Å²) in [4.78, 5) is 16.5. The molecule has 0 fully saturated rings. The third kappa shape index (κ3) is 3.86. The molecule has 4 rings (SSSR count). The molecule has 0 N–H and O–H groups in total. The summed E-state index contributed by atoms with van der Waals surface area (Å²) in [5, 5.41) is 6.06. The highest BCUT2D eigenvalue weighted by atomic mass is 16.6. The van der Waals surface area contributed by atoms with Crippen molar-refractivity contribution in [3.63, 3.8) is 0 Å². The molecule has 0 radical (unpaired) electrons. The lowest BCUT2D eigenvalue weighted by atomic mass is 10.0. The molecule has 140 valence electrons. The maximum absolute atomic E-state index is 12.3. The van der Waals surface area contributed by atoms with Crippen LogP contribution in [-0.4, -0.2) is 23.2 Å². The van der Waals surface area contributed by atoms with Crippen molar-refractivity contribution in [2.24, 2.45) is 0 Å². The van der Waals surface area contributed by atoms with Crippen molar-refractivity contribution in [1.82, 2.24) is 10.1 Å². The Hall–Kier alpha value is -3.67. The number of carbonyl (C=O) groups is 1. The fourth-order valence-corrected chi connectivity index (χ4v) is 2.99. The minimum absolute atomic E-state index is 0.0689. The minimum Gasteiger partial charge on any atom is -0.497 e. The predicted octanol–water partition coefficient (Wildman–Crippen LogP) is 4.18. The Morgan fingerprint density at radius 3 is 2.75 bits per heavy atom. The molecule has 0 bridgehead atoms. The van der Waals surface area contributed by atoms with Gasteiger partial charge in [0.25, 0.3) is 5.89 Å². The summed E-state index contributed by atoms with van der Waals surface area (Å²) in [6.45, 7) is -0.0689. The van der Waals surface area contributed by atoms with E-state index in [-0.39, 0.29) is 24.9 Å². The van der Waals surface area contributed by atoms with E-state index in [9.17, 15) is 4.79 Å². The minimum atomic E-state index is -0.350. The number of nitrogens with zero attached hydrogens (tertiary/aromatic N) is 2. The van der Waals surface area contributed by atoms with Gasteiger partial charge in [-0.3, -0.25) is 4.79 Å². The second-order valence-electron chi connectivity index (χ2n) is 6.22. The van der Waals surface area contributed by atoms with Crippen LogP contribution in [0.25, 0.3) is 22.2 Å². The molecule has 0 aliphatic heterocycles. The van der Waals surface area contributed by atoms with Gasteiger partial charge in [-0.1, -0.05) is 59.8 Å². The van der Waals surface area contributed by atoms with Gasteiger partial charge in [0, 0.05) is 5.56 Å². The predicted molar refractivity (Wildman–Crippen MR) is 104 cm³/mol. The van der Waals surface area contributed by atoms with Crippen LogP contribution in [-0.2, 0) is 22.6 Å². The zero-order chi connectivity index (χ0) is 19.3. The summed E-state index contributed by atoms with van der Waals surface area (Å²) in [7, 11) is 1.59. The molecule has 0 saturated heterocycles. The fourth-order valence-electron chi connectivity index (χ4n) is 2.99. The van der Waals surface area contributed by atoms with Gasteiger partial charge in [0.2, 0.25) is 5.82 Å². The highest BCUT2D eigenvalue weighted by Crippen LogP contribution is 2.22. The molecular formula is C22H18N2O4. The number of fused-ring (bicyclic) bond motifs is 1. The van der Waals surface area contributed by atoms with Gasteiger partial charge in [-0.25, -0.2) is 0 Å². The number of methoxy groups -OCH3 is 1. The summed E-state index contributed by atoms with van der Waals surface area (Å²) in [6.07, 6.45) is 0.179. The third-order valence-electron chi connectivity index (χ3n) is 4.37. The smallest absolute Gasteiger partial charge is 0.310 e. The number of rotatable bonds is 6. The number of hydrogen-bond acceptors (Lipinski definition) is 6. The number of hydrogen-bond donors (Lipinski definition) is 0. The van der Waals surface area contributed by atoms with Gasteiger partial charge in [-0.05, 0) is 28.5 Å². The quantitative estimate of drug-likeness (QED) is 0.471. The Morgan fingerprint density at radius 1 is 1.04 bits per heavy atom.